The summed E-state index contributed by atoms with van der Waals surface area (Å²) in [5.74, 6) is 0.565. The molecule has 260 valence electrons. The van der Waals surface area contributed by atoms with Gasteiger partial charge in [0.15, 0.2) is 5.82 Å². The van der Waals surface area contributed by atoms with E-state index in [1.54, 1.807) is 0 Å². The topological polar surface area (TPSA) is 59.4 Å². The smallest absolute Gasteiger partial charge is 0.160 e. The number of nitriles is 1. The van der Waals surface area contributed by atoms with Gasteiger partial charge in [0.1, 0.15) is 11.6 Å². The molecule has 0 aliphatic carbocycles. The molecule has 0 bridgehead atoms. The predicted octanol–water partition coefficient (Wildman–Crippen LogP) is 12.7. The average Bonchev–Trinajstić information content (AvgIpc) is 3.79. The first-order chi connectivity index (χ1) is 27.8. The maximum absolute atomic E-state index is 11.1. The highest BCUT2D eigenvalue weighted by molar-refractivity contribution is 6.30. The van der Waals surface area contributed by atoms with Gasteiger partial charge >= 0.3 is 0 Å². The normalized spacial score (nSPS) is 11.6. The summed E-state index contributed by atoms with van der Waals surface area (Å²) in [7, 11) is 0. The lowest BCUT2D eigenvalue weighted by molar-refractivity contribution is 1.15. The molecule has 0 N–H and O–H groups in total. The van der Waals surface area contributed by atoms with E-state index in [1.165, 1.54) is 10.8 Å². The zero-order valence-corrected chi connectivity index (χ0v) is 30.1. The second kappa shape index (κ2) is 12.7. The summed E-state index contributed by atoms with van der Waals surface area (Å²) in [6, 6.07) is 67.8. The lowest BCUT2D eigenvalue weighted by Gasteiger charge is -2.15. The van der Waals surface area contributed by atoms with Crippen LogP contribution in [0.5, 0.6) is 0 Å². The average molecular weight is 714 g/mol. The first-order valence-corrected chi connectivity index (χ1v) is 18.7. The molecule has 3 aromatic heterocycles. The third kappa shape index (κ3) is 4.80. The Balaban J connectivity index is 1.29. The van der Waals surface area contributed by atoms with E-state index in [4.69, 9.17) is 9.97 Å². The van der Waals surface area contributed by atoms with Crippen molar-refractivity contribution in [3.05, 3.63) is 194 Å². The minimum Gasteiger partial charge on any atom is -0.309 e. The molecule has 3 heterocycles. The van der Waals surface area contributed by atoms with Crippen molar-refractivity contribution in [1.29, 1.82) is 5.26 Å². The van der Waals surface area contributed by atoms with Crippen molar-refractivity contribution in [3.63, 3.8) is 0 Å². The maximum Gasteiger partial charge on any atom is 0.160 e. The molecule has 56 heavy (non-hydrogen) atoms. The minimum atomic E-state index is 0.433. The molecule has 11 rings (SSSR count). The van der Waals surface area contributed by atoms with Crippen LogP contribution >= 0.6 is 0 Å². The Kier molecular flexibility index (Phi) is 7.16. The molecule has 0 fully saturated rings. The van der Waals surface area contributed by atoms with Crippen molar-refractivity contribution in [2.24, 2.45) is 0 Å². The Hall–Kier alpha value is -7.81. The van der Waals surface area contributed by atoms with Crippen LogP contribution in [-0.4, -0.2) is 19.1 Å². The van der Waals surface area contributed by atoms with Gasteiger partial charge in [-0.1, -0.05) is 140 Å². The highest BCUT2D eigenvalue weighted by Crippen LogP contribution is 2.45. The number of benzene rings is 8. The van der Waals surface area contributed by atoms with Gasteiger partial charge in [0.2, 0.25) is 0 Å². The molecule has 0 saturated heterocycles. The minimum absolute atomic E-state index is 0.433. The first kappa shape index (κ1) is 31.7. The molecule has 0 atom stereocenters. The number of fused-ring (bicyclic) bond motifs is 8. The van der Waals surface area contributed by atoms with Gasteiger partial charge in [-0.05, 0) is 59.3 Å². The van der Waals surface area contributed by atoms with Gasteiger partial charge in [-0.15, -0.1) is 0 Å². The zero-order chi connectivity index (χ0) is 37.2. The molecule has 0 aliphatic heterocycles. The van der Waals surface area contributed by atoms with Gasteiger partial charge < -0.3 is 9.13 Å². The summed E-state index contributed by atoms with van der Waals surface area (Å²) in [4.78, 5) is 10.4. The molecular formula is C51H31N5. The van der Waals surface area contributed by atoms with Gasteiger partial charge in [-0.25, -0.2) is 9.97 Å². The zero-order valence-electron chi connectivity index (χ0n) is 30.1. The fraction of sp³-hybridized carbons (Fsp3) is 0. The molecule has 11 aromatic rings. The number of para-hydroxylation sites is 4. The highest BCUT2D eigenvalue weighted by Gasteiger charge is 2.26. The van der Waals surface area contributed by atoms with Crippen molar-refractivity contribution in [2.75, 3.05) is 0 Å². The molecule has 0 saturated carbocycles. The van der Waals surface area contributed by atoms with E-state index >= 15 is 0 Å². The molecule has 0 aliphatic rings. The number of hydrogen-bond donors (Lipinski definition) is 0. The van der Waals surface area contributed by atoms with Gasteiger partial charge in [0, 0.05) is 49.6 Å². The summed E-state index contributed by atoms with van der Waals surface area (Å²) in [6.07, 6.45) is 0. The number of nitrogens with zero attached hydrogens (tertiary/aromatic N) is 5. The second-order valence-electron chi connectivity index (χ2n) is 14.1. The summed E-state index contributed by atoms with van der Waals surface area (Å²) in [5, 5.41) is 17.9. The van der Waals surface area contributed by atoms with Crippen molar-refractivity contribution in [1.82, 2.24) is 19.1 Å². The molecule has 5 nitrogen and oxygen atoms in total. The Morgan fingerprint density at radius 3 is 1.77 bits per heavy atom. The number of hydrogen-bond acceptors (Lipinski definition) is 3. The quantitative estimate of drug-likeness (QED) is 0.178. The van der Waals surface area contributed by atoms with Crippen LogP contribution in [0.25, 0.3) is 99.7 Å². The highest BCUT2D eigenvalue weighted by atomic mass is 15.0. The van der Waals surface area contributed by atoms with Gasteiger partial charge in [-0.2, -0.15) is 5.26 Å². The van der Waals surface area contributed by atoms with Gasteiger partial charge in [-0.3, -0.25) is 0 Å². The first-order valence-electron chi connectivity index (χ1n) is 18.7. The summed E-state index contributed by atoms with van der Waals surface area (Å²) in [5.41, 5.74) is 10.7. The second-order valence-corrected chi connectivity index (χ2v) is 14.1. The standard InChI is InChI=1S/C51H31N5/c52-32-42-48(36-28-27-33-15-10-11-18-35(33)31-36)53-51(34-16-4-1-5-17-34)54-49(42)41-25-14-24-40-47-45(56(50(40)41)38-21-8-3-9-22-38)30-29-44-46(47)39-23-12-13-26-43(39)55(44)37-19-6-2-7-20-37/h1-31H. The van der Waals surface area contributed by atoms with Crippen LogP contribution in [-0.2, 0) is 0 Å². The Labute approximate surface area is 322 Å². The van der Waals surface area contributed by atoms with E-state index in [9.17, 15) is 5.26 Å². The van der Waals surface area contributed by atoms with Gasteiger partial charge in [0.05, 0.1) is 33.5 Å². The Morgan fingerprint density at radius 2 is 1.02 bits per heavy atom. The predicted molar refractivity (Wildman–Crippen MR) is 229 cm³/mol. The fourth-order valence-electron chi connectivity index (χ4n) is 8.53. The van der Waals surface area contributed by atoms with E-state index in [0.29, 0.717) is 22.8 Å². The van der Waals surface area contributed by atoms with E-state index < -0.39 is 0 Å². The van der Waals surface area contributed by atoms with E-state index in [2.05, 4.69) is 155 Å². The molecule has 0 unspecified atom stereocenters. The van der Waals surface area contributed by atoms with Crippen LogP contribution in [0.2, 0.25) is 0 Å². The number of aromatic nitrogens is 4. The molecule has 0 radical (unpaired) electrons. The van der Waals surface area contributed by atoms with E-state index in [1.807, 2.05) is 48.5 Å². The van der Waals surface area contributed by atoms with Gasteiger partial charge in [0.25, 0.3) is 0 Å². The fourth-order valence-corrected chi connectivity index (χ4v) is 8.53. The Morgan fingerprint density at radius 1 is 0.429 bits per heavy atom. The van der Waals surface area contributed by atoms with Crippen molar-refractivity contribution in [2.45, 2.75) is 0 Å². The monoisotopic (exact) mass is 713 g/mol. The molecule has 0 spiro atoms. The summed E-state index contributed by atoms with van der Waals surface area (Å²) < 4.78 is 4.70. The summed E-state index contributed by atoms with van der Waals surface area (Å²) >= 11 is 0. The summed E-state index contributed by atoms with van der Waals surface area (Å²) in [6.45, 7) is 0. The van der Waals surface area contributed by atoms with Crippen LogP contribution in [0.1, 0.15) is 5.56 Å². The van der Waals surface area contributed by atoms with Crippen LogP contribution in [0.4, 0.5) is 0 Å². The Bertz CT molecular complexity index is 3350. The van der Waals surface area contributed by atoms with Crippen molar-refractivity contribution >= 4 is 54.4 Å². The van der Waals surface area contributed by atoms with Crippen LogP contribution in [0, 0.1) is 11.3 Å². The lowest BCUT2D eigenvalue weighted by atomic mass is 9.96. The van der Waals surface area contributed by atoms with Crippen LogP contribution in [0.3, 0.4) is 0 Å². The molecular weight excluding hydrogens is 683 g/mol. The molecule has 5 heteroatoms. The lowest BCUT2D eigenvalue weighted by Crippen LogP contribution is -2.03. The maximum atomic E-state index is 11.1. The van der Waals surface area contributed by atoms with E-state index in [-0.39, 0.29) is 0 Å². The number of rotatable bonds is 5. The van der Waals surface area contributed by atoms with Crippen molar-refractivity contribution in [3.8, 4) is 51.3 Å². The van der Waals surface area contributed by atoms with Crippen LogP contribution < -0.4 is 0 Å². The van der Waals surface area contributed by atoms with Crippen molar-refractivity contribution < 1.29 is 0 Å². The SMILES string of the molecule is N#Cc1c(-c2ccc3ccccc3c2)nc(-c2ccccc2)nc1-c1cccc2c3c4c5ccccc5n(-c5ccccc5)c4ccc3n(-c3ccccc3)c12. The molecule has 8 aromatic carbocycles. The van der Waals surface area contributed by atoms with E-state index in [0.717, 1.165) is 71.7 Å². The third-order valence-corrected chi connectivity index (χ3v) is 10.9. The third-order valence-electron chi connectivity index (χ3n) is 10.9. The molecule has 0 amide bonds. The van der Waals surface area contributed by atoms with Crippen LogP contribution in [0.15, 0.2) is 188 Å². The largest absolute Gasteiger partial charge is 0.309 e.